The van der Waals surface area contributed by atoms with Crippen LogP contribution in [0.15, 0.2) is 78.2 Å². The molecule has 1 atom stereocenters. The maximum Gasteiger partial charge on any atom is 0.238 e. The second-order valence-corrected chi connectivity index (χ2v) is 9.78. The lowest BCUT2D eigenvalue weighted by Crippen LogP contribution is -2.29. The van der Waals surface area contributed by atoms with Crippen molar-refractivity contribution >= 4 is 46.2 Å². The molecule has 0 fully saturated rings. The number of aliphatic imine (C=N–C) groups is 1. The van der Waals surface area contributed by atoms with Gasteiger partial charge in [0.1, 0.15) is 18.4 Å². The average Bonchev–Trinajstić information content (AvgIpc) is 3.24. The zero-order valence-electron chi connectivity index (χ0n) is 21.3. The number of halogens is 1. The number of amides is 2. The molecule has 38 heavy (non-hydrogen) atoms. The Morgan fingerprint density at radius 1 is 0.974 bits per heavy atom. The highest BCUT2D eigenvalue weighted by molar-refractivity contribution is 6.31. The number of carbonyl (C=O) groups excluding carboxylic acids is 2. The van der Waals surface area contributed by atoms with E-state index in [2.05, 4.69) is 5.32 Å². The molecule has 8 nitrogen and oxygen atoms in total. The van der Waals surface area contributed by atoms with Crippen LogP contribution in [0.1, 0.15) is 23.5 Å². The Morgan fingerprint density at radius 2 is 1.71 bits per heavy atom. The molecule has 2 amide bonds. The maximum atomic E-state index is 13.2. The number of benzene rings is 3. The van der Waals surface area contributed by atoms with E-state index in [1.807, 2.05) is 61.5 Å². The van der Waals surface area contributed by atoms with Crippen LogP contribution in [0.4, 0.5) is 17.1 Å². The summed E-state index contributed by atoms with van der Waals surface area (Å²) in [7, 11) is 5.64. The fraction of sp³-hybridized carbons (Fsp3) is 0.207. The highest BCUT2D eigenvalue weighted by atomic mass is 35.5. The molecule has 0 spiro atoms. The fourth-order valence-electron chi connectivity index (χ4n) is 4.38. The van der Waals surface area contributed by atoms with Crippen LogP contribution in [-0.2, 0) is 9.59 Å². The van der Waals surface area contributed by atoms with Gasteiger partial charge in [0, 0.05) is 42.0 Å². The first-order valence-electron chi connectivity index (χ1n) is 12.1. The van der Waals surface area contributed by atoms with Crippen molar-refractivity contribution in [2.75, 3.05) is 37.9 Å². The second kappa shape index (κ2) is 10.7. The van der Waals surface area contributed by atoms with E-state index >= 15 is 0 Å². The number of nitrogens with zero attached hydrogens (tertiary/aromatic N) is 3. The number of rotatable bonds is 7. The summed E-state index contributed by atoms with van der Waals surface area (Å²) in [4.78, 5) is 34.3. The molecule has 3 aromatic rings. The van der Waals surface area contributed by atoms with Crippen molar-refractivity contribution in [1.82, 2.24) is 4.90 Å². The van der Waals surface area contributed by atoms with Crippen molar-refractivity contribution in [3.8, 4) is 11.5 Å². The van der Waals surface area contributed by atoms with Crippen LogP contribution in [0.2, 0.25) is 5.02 Å². The third-order valence-corrected chi connectivity index (χ3v) is 6.67. The monoisotopic (exact) mass is 530 g/mol. The summed E-state index contributed by atoms with van der Waals surface area (Å²) >= 11 is 6.17. The highest BCUT2D eigenvalue weighted by Crippen LogP contribution is 2.40. The minimum absolute atomic E-state index is 0.0267. The molecule has 2 aliphatic rings. The van der Waals surface area contributed by atoms with Gasteiger partial charge in [-0.1, -0.05) is 17.7 Å². The molecule has 3 aromatic carbocycles. The number of ether oxygens (including phenoxy) is 2. The molecule has 0 aromatic heterocycles. The predicted octanol–water partition coefficient (Wildman–Crippen LogP) is 5.35. The second-order valence-electron chi connectivity index (χ2n) is 9.34. The van der Waals surface area contributed by atoms with Crippen LogP contribution in [0, 0.1) is 0 Å². The lowest BCUT2D eigenvalue weighted by atomic mass is 9.90. The number of nitrogens with one attached hydrogen (secondary N) is 1. The van der Waals surface area contributed by atoms with Crippen LogP contribution < -0.4 is 19.7 Å². The first kappa shape index (κ1) is 25.5. The Hall–Kier alpha value is -4.14. The summed E-state index contributed by atoms with van der Waals surface area (Å²) in [5.74, 6) is 0.276. The molecule has 1 N–H and O–H groups in total. The van der Waals surface area contributed by atoms with Crippen LogP contribution in [0.3, 0.4) is 0 Å². The molecule has 0 bridgehead atoms. The highest BCUT2D eigenvalue weighted by Gasteiger charge is 2.36. The van der Waals surface area contributed by atoms with Crippen LogP contribution in [0.5, 0.6) is 11.5 Å². The van der Waals surface area contributed by atoms with Crippen LogP contribution in [-0.4, -0.2) is 50.1 Å². The lowest BCUT2D eigenvalue weighted by molar-refractivity contribution is -0.118. The topological polar surface area (TPSA) is 83.5 Å². The smallest absolute Gasteiger partial charge is 0.238 e. The number of hydrogen-bond donors (Lipinski definition) is 1. The molecule has 9 heteroatoms. The summed E-state index contributed by atoms with van der Waals surface area (Å²) < 4.78 is 11.1. The van der Waals surface area contributed by atoms with Gasteiger partial charge in [-0.25, -0.2) is 0 Å². The van der Waals surface area contributed by atoms with Gasteiger partial charge in [0.15, 0.2) is 11.5 Å². The fourth-order valence-corrected chi connectivity index (χ4v) is 4.55. The molecule has 0 radical (unpaired) electrons. The minimum Gasteiger partial charge on any atom is -0.458 e. The molecular weight excluding hydrogens is 504 g/mol. The van der Waals surface area contributed by atoms with Crippen LogP contribution >= 0.6 is 11.6 Å². The molecule has 5 rings (SSSR count). The van der Waals surface area contributed by atoms with E-state index in [0.717, 1.165) is 11.3 Å². The zero-order chi connectivity index (χ0) is 26.8. The molecule has 2 aliphatic heterocycles. The van der Waals surface area contributed by atoms with Crippen molar-refractivity contribution < 1.29 is 19.1 Å². The van der Waals surface area contributed by atoms with Gasteiger partial charge in [-0.15, -0.1) is 0 Å². The molecule has 0 saturated carbocycles. The van der Waals surface area contributed by atoms with Gasteiger partial charge in [0.2, 0.25) is 11.8 Å². The Labute approximate surface area is 226 Å². The Balaban J connectivity index is 1.51. The van der Waals surface area contributed by atoms with Crippen LogP contribution in [0.25, 0.3) is 0 Å². The first-order chi connectivity index (χ1) is 18.3. The predicted molar refractivity (Wildman–Crippen MR) is 149 cm³/mol. The largest absolute Gasteiger partial charge is 0.458 e. The quantitative estimate of drug-likeness (QED) is 0.416. The number of anilines is 2. The Kier molecular flexibility index (Phi) is 7.18. The molecule has 2 heterocycles. The summed E-state index contributed by atoms with van der Waals surface area (Å²) in [5.41, 5.74) is 4.12. The average molecular weight is 531 g/mol. The summed E-state index contributed by atoms with van der Waals surface area (Å²) in [6, 6.07) is 18.2. The van der Waals surface area contributed by atoms with Gasteiger partial charge in [0.05, 0.1) is 11.4 Å². The van der Waals surface area contributed by atoms with E-state index in [9.17, 15) is 9.59 Å². The first-order valence-corrected chi connectivity index (χ1v) is 12.5. The van der Waals surface area contributed by atoms with Gasteiger partial charge < -0.3 is 24.6 Å². The normalized spacial score (nSPS) is 15.9. The molecule has 194 valence electrons. The van der Waals surface area contributed by atoms with Crippen molar-refractivity contribution in [1.29, 1.82) is 0 Å². The third-order valence-electron chi connectivity index (χ3n) is 6.44. The zero-order valence-corrected chi connectivity index (χ0v) is 22.0. The van der Waals surface area contributed by atoms with E-state index in [1.54, 1.807) is 30.1 Å². The molecule has 0 saturated heterocycles. The van der Waals surface area contributed by atoms with Gasteiger partial charge in [-0.3, -0.25) is 14.6 Å². The van der Waals surface area contributed by atoms with E-state index < -0.39 is 5.92 Å². The van der Waals surface area contributed by atoms with E-state index in [4.69, 9.17) is 26.1 Å². The Morgan fingerprint density at radius 3 is 2.45 bits per heavy atom. The lowest BCUT2D eigenvalue weighted by Gasteiger charge is -2.19. The molecular formula is C29H27ClN4O4. The summed E-state index contributed by atoms with van der Waals surface area (Å²) in [6.45, 7) is 0.677. The van der Waals surface area contributed by atoms with Gasteiger partial charge in [0.25, 0.3) is 0 Å². The van der Waals surface area contributed by atoms with Crippen molar-refractivity contribution in [2.45, 2.75) is 12.3 Å². The standard InChI is InChI=1S/C29H27ClN4O4/c1-33(2)13-12-26(35)34(3)21-8-6-20(7-9-21)31-28(18-4-11-24-25(16-18)38-15-14-37-24)27-22-10-5-19(30)17-23(22)32-29(27)36/h4-11,14-17,27H,12-13H2,1-3H3,(H,32,36). The van der Waals surface area contributed by atoms with Gasteiger partial charge >= 0.3 is 0 Å². The van der Waals surface area contributed by atoms with E-state index in [1.165, 1.54) is 12.5 Å². The van der Waals surface area contributed by atoms with Gasteiger partial charge in [-0.05, 0) is 74.3 Å². The Bertz CT molecular complexity index is 1450. The summed E-state index contributed by atoms with van der Waals surface area (Å²) in [5, 5.41) is 3.46. The summed E-state index contributed by atoms with van der Waals surface area (Å²) in [6.07, 6.45) is 3.34. The number of hydrogen-bond acceptors (Lipinski definition) is 6. The SMILES string of the molecule is CN(C)CCC(=O)N(C)c1ccc(N=C(c2ccc3c(c2)OC=CO3)C2C(=O)Nc3cc(Cl)ccc32)cc1. The molecule has 0 aliphatic carbocycles. The maximum absolute atomic E-state index is 13.2. The van der Waals surface area contributed by atoms with Crippen molar-refractivity contribution in [2.24, 2.45) is 4.99 Å². The molecule has 1 unspecified atom stereocenters. The van der Waals surface area contributed by atoms with Crippen molar-refractivity contribution in [3.63, 3.8) is 0 Å². The van der Waals surface area contributed by atoms with E-state index in [0.29, 0.717) is 52.1 Å². The third kappa shape index (κ3) is 5.27. The van der Waals surface area contributed by atoms with E-state index in [-0.39, 0.29) is 11.8 Å². The minimum atomic E-state index is -0.657. The van der Waals surface area contributed by atoms with Crippen molar-refractivity contribution in [3.05, 3.63) is 89.3 Å². The number of fused-ring (bicyclic) bond motifs is 2. The number of carbonyl (C=O) groups is 2. The van der Waals surface area contributed by atoms with Gasteiger partial charge in [-0.2, -0.15) is 0 Å².